The van der Waals surface area contributed by atoms with Crippen LogP contribution < -0.4 is 10.2 Å². The van der Waals surface area contributed by atoms with Crippen LogP contribution >= 0.6 is 0 Å². The molecule has 3 rings (SSSR count). The van der Waals surface area contributed by atoms with Gasteiger partial charge in [-0.15, -0.1) is 5.10 Å². The molecule has 21 heavy (non-hydrogen) atoms. The standard InChI is InChI=1S/C16H25N5/c1-3-4-11-20(12-14-8-6-10-17-14)16-18-15-9-5-7-13(2)21(15)19-16/h5,7,9,14,17H,3-4,6,8,10-12H2,1-2H3. The highest BCUT2D eigenvalue weighted by atomic mass is 15.4. The third-order valence-corrected chi connectivity index (χ3v) is 4.21. The van der Waals surface area contributed by atoms with E-state index in [4.69, 9.17) is 10.1 Å². The maximum absolute atomic E-state index is 4.72. The van der Waals surface area contributed by atoms with Crippen LogP contribution in [0.4, 0.5) is 5.95 Å². The molecule has 0 aromatic carbocycles. The molecule has 0 radical (unpaired) electrons. The van der Waals surface area contributed by atoms with Crippen LogP contribution in [0.25, 0.3) is 5.65 Å². The third-order valence-electron chi connectivity index (χ3n) is 4.21. The molecule has 1 atom stereocenters. The highest BCUT2D eigenvalue weighted by Crippen LogP contribution is 2.16. The predicted octanol–water partition coefficient (Wildman–Crippen LogP) is 2.40. The van der Waals surface area contributed by atoms with Gasteiger partial charge in [-0.2, -0.15) is 4.98 Å². The molecule has 5 heteroatoms. The molecule has 2 aromatic heterocycles. The van der Waals surface area contributed by atoms with Gasteiger partial charge in [0.1, 0.15) is 0 Å². The number of aromatic nitrogens is 3. The van der Waals surface area contributed by atoms with Crippen LogP contribution in [-0.4, -0.2) is 40.3 Å². The Labute approximate surface area is 126 Å². The molecule has 1 unspecified atom stereocenters. The Balaban J connectivity index is 1.83. The molecule has 114 valence electrons. The highest BCUT2D eigenvalue weighted by molar-refractivity contribution is 5.45. The third kappa shape index (κ3) is 3.18. The van der Waals surface area contributed by atoms with Gasteiger partial charge in [0.2, 0.25) is 5.95 Å². The summed E-state index contributed by atoms with van der Waals surface area (Å²) < 4.78 is 1.94. The first-order valence-electron chi connectivity index (χ1n) is 8.08. The van der Waals surface area contributed by atoms with E-state index in [0.717, 1.165) is 36.9 Å². The molecule has 5 nitrogen and oxygen atoms in total. The number of aryl methyl sites for hydroxylation is 1. The van der Waals surface area contributed by atoms with Crippen molar-refractivity contribution in [3.63, 3.8) is 0 Å². The largest absolute Gasteiger partial charge is 0.338 e. The molecule has 0 saturated carbocycles. The smallest absolute Gasteiger partial charge is 0.245 e. The maximum Gasteiger partial charge on any atom is 0.245 e. The van der Waals surface area contributed by atoms with E-state index in [1.54, 1.807) is 0 Å². The zero-order chi connectivity index (χ0) is 14.7. The van der Waals surface area contributed by atoms with Gasteiger partial charge in [0.15, 0.2) is 5.65 Å². The fraction of sp³-hybridized carbons (Fsp3) is 0.625. The second-order valence-corrected chi connectivity index (χ2v) is 5.94. The van der Waals surface area contributed by atoms with Crippen LogP contribution in [0.1, 0.15) is 38.3 Å². The summed E-state index contributed by atoms with van der Waals surface area (Å²) in [6.45, 7) is 7.48. The van der Waals surface area contributed by atoms with Gasteiger partial charge < -0.3 is 10.2 Å². The van der Waals surface area contributed by atoms with E-state index in [1.807, 2.05) is 16.6 Å². The van der Waals surface area contributed by atoms with Crippen LogP contribution in [0.3, 0.4) is 0 Å². The van der Waals surface area contributed by atoms with Gasteiger partial charge in [-0.05, 0) is 44.9 Å². The molecule has 1 saturated heterocycles. The SMILES string of the molecule is CCCCN(CC1CCCN1)c1nc2cccc(C)n2n1. The van der Waals surface area contributed by atoms with E-state index in [0.29, 0.717) is 6.04 Å². The summed E-state index contributed by atoms with van der Waals surface area (Å²) in [5.74, 6) is 0.867. The lowest BCUT2D eigenvalue weighted by Crippen LogP contribution is -2.38. The minimum Gasteiger partial charge on any atom is -0.338 e. The fourth-order valence-corrected chi connectivity index (χ4v) is 2.96. The molecule has 1 N–H and O–H groups in total. The fourth-order valence-electron chi connectivity index (χ4n) is 2.96. The van der Waals surface area contributed by atoms with Crippen LogP contribution in [0, 0.1) is 6.92 Å². The number of pyridine rings is 1. The van der Waals surface area contributed by atoms with Gasteiger partial charge >= 0.3 is 0 Å². The van der Waals surface area contributed by atoms with Crippen LogP contribution in [0.5, 0.6) is 0 Å². The van der Waals surface area contributed by atoms with Gasteiger partial charge in [0.05, 0.1) is 0 Å². The van der Waals surface area contributed by atoms with E-state index >= 15 is 0 Å². The number of fused-ring (bicyclic) bond motifs is 1. The molecule has 2 aromatic rings. The molecule has 1 aliphatic rings. The number of unbranched alkanes of at least 4 members (excludes halogenated alkanes) is 1. The minimum absolute atomic E-state index is 0.578. The van der Waals surface area contributed by atoms with Crippen molar-refractivity contribution in [3.8, 4) is 0 Å². The van der Waals surface area contributed by atoms with Gasteiger partial charge in [-0.25, -0.2) is 4.52 Å². The summed E-state index contributed by atoms with van der Waals surface area (Å²) in [6, 6.07) is 6.71. The number of rotatable bonds is 6. The molecular weight excluding hydrogens is 262 g/mol. The zero-order valence-electron chi connectivity index (χ0n) is 13.0. The summed E-state index contributed by atoms with van der Waals surface area (Å²) >= 11 is 0. The Morgan fingerprint density at radius 2 is 2.33 bits per heavy atom. The normalized spacial score (nSPS) is 18.5. The molecular formula is C16H25N5. The van der Waals surface area contributed by atoms with Gasteiger partial charge in [0.25, 0.3) is 0 Å². The lowest BCUT2D eigenvalue weighted by molar-refractivity contribution is 0.565. The summed E-state index contributed by atoms with van der Waals surface area (Å²) in [5, 5.41) is 8.29. The van der Waals surface area contributed by atoms with E-state index < -0.39 is 0 Å². The molecule has 0 bridgehead atoms. The van der Waals surface area contributed by atoms with Crippen molar-refractivity contribution in [3.05, 3.63) is 23.9 Å². The van der Waals surface area contributed by atoms with E-state index in [-0.39, 0.29) is 0 Å². The van der Waals surface area contributed by atoms with Gasteiger partial charge in [0, 0.05) is 24.8 Å². The number of hydrogen-bond acceptors (Lipinski definition) is 4. The van der Waals surface area contributed by atoms with Gasteiger partial charge in [-0.3, -0.25) is 0 Å². The number of anilines is 1. The van der Waals surface area contributed by atoms with Crippen molar-refractivity contribution in [2.75, 3.05) is 24.5 Å². The quantitative estimate of drug-likeness (QED) is 0.886. The molecule has 0 aliphatic carbocycles. The molecule has 0 spiro atoms. The van der Waals surface area contributed by atoms with Crippen LogP contribution in [0.15, 0.2) is 18.2 Å². The molecule has 1 fully saturated rings. The lowest BCUT2D eigenvalue weighted by Gasteiger charge is -2.24. The lowest BCUT2D eigenvalue weighted by atomic mass is 10.2. The van der Waals surface area contributed by atoms with Crippen molar-refractivity contribution in [1.82, 2.24) is 19.9 Å². The van der Waals surface area contributed by atoms with E-state index in [2.05, 4.69) is 30.1 Å². The molecule has 0 amide bonds. The van der Waals surface area contributed by atoms with Crippen molar-refractivity contribution < 1.29 is 0 Å². The molecule has 3 heterocycles. The summed E-state index contributed by atoms with van der Waals surface area (Å²) in [4.78, 5) is 7.07. The van der Waals surface area contributed by atoms with Crippen molar-refractivity contribution >= 4 is 11.6 Å². The monoisotopic (exact) mass is 287 g/mol. The first kappa shape index (κ1) is 14.3. The van der Waals surface area contributed by atoms with Crippen LogP contribution in [-0.2, 0) is 0 Å². The van der Waals surface area contributed by atoms with Crippen molar-refractivity contribution in [1.29, 1.82) is 0 Å². The number of hydrogen-bond donors (Lipinski definition) is 1. The first-order chi connectivity index (χ1) is 10.3. The predicted molar refractivity (Wildman–Crippen MR) is 85.9 cm³/mol. The second-order valence-electron chi connectivity index (χ2n) is 5.94. The minimum atomic E-state index is 0.578. The van der Waals surface area contributed by atoms with E-state index in [9.17, 15) is 0 Å². The summed E-state index contributed by atoms with van der Waals surface area (Å²) in [6.07, 6.45) is 4.92. The Morgan fingerprint density at radius 1 is 1.43 bits per heavy atom. The first-order valence-corrected chi connectivity index (χ1v) is 8.08. The second kappa shape index (κ2) is 6.43. The number of nitrogens with zero attached hydrogens (tertiary/aromatic N) is 4. The summed E-state index contributed by atoms with van der Waals surface area (Å²) in [7, 11) is 0. The van der Waals surface area contributed by atoms with Crippen LogP contribution in [0.2, 0.25) is 0 Å². The number of nitrogens with one attached hydrogen (secondary N) is 1. The average Bonchev–Trinajstić information content (AvgIpc) is 3.13. The Bertz CT molecular complexity index is 585. The zero-order valence-corrected chi connectivity index (χ0v) is 13.0. The van der Waals surface area contributed by atoms with Gasteiger partial charge in [-0.1, -0.05) is 19.4 Å². The topological polar surface area (TPSA) is 45.5 Å². The van der Waals surface area contributed by atoms with E-state index in [1.165, 1.54) is 25.7 Å². The van der Waals surface area contributed by atoms with Crippen molar-refractivity contribution in [2.45, 2.75) is 45.6 Å². The van der Waals surface area contributed by atoms with Crippen molar-refractivity contribution in [2.24, 2.45) is 0 Å². The maximum atomic E-state index is 4.72. The Hall–Kier alpha value is -1.62. The average molecular weight is 287 g/mol. The highest BCUT2D eigenvalue weighted by Gasteiger charge is 2.20. The Kier molecular flexibility index (Phi) is 4.39. The Morgan fingerprint density at radius 3 is 3.05 bits per heavy atom. The molecule has 1 aliphatic heterocycles. The summed E-state index contributed by atoms with van der Waals surface area (Å²) in [5.41, 5.74) is 2.06.